The first-order valence-corrected chi connectivity index (χ1v) is 9.74. The summed E-state index contributed by atoms with van der Waals surface area (Å²) >= 11 is 0. The van der Waals surface area contributed by atoms with E-state index >= 15 is 0 Å². The molecule has 0 aromatic heterocycles. The predicted octanol–water partition coefficient (Wildman–Crippen LogP) is 2.43. The molecule has 0 amide bonds. The SMILES string of the molecule is COc1c(C)cc(C)cc1S(=O)(=O)N1C[C@@H](N)[C@H](c2ccccc2)C1. The van der Waals surface area contributed by atoms with Crippen LogP contribution in [0.2, 0.25) is 0 Å². The van der Waals surface area contributed by atoms with Gasteiger partial charge in [-0.3, -0.25) is 0 Å². The van der Waals surface area contributed by atoms with E-state index in [1.54, 1.807) is 6.07 Å². The first-order chi connectivity index (χ1) is 11.8. The van der Waals surface area contributed by atoms with Crippen LogP contribution in [0.15, 0.2) is 47.4 Å². The molecule has 1 aliphatic heterocycles. The van der Waals surface area contributed by atoms with Gasteiger partial charge in [0.25, 0.3) is 0 Å². The van der Waals surface area contributed by atoms with Gasteiger partial charge in [-0.15, -0.1) is 0 Å². The van der Waals surface area contributed by atoms with Crippen molar-refractivity contribution in [3.63, 3.8) is 0 Å². The summed E-state index contributed by atoms with van der Waals surface area (Å²) in [6.07, 6.45) is 0. The highest BCUT2D eigenvalue weighted by molar-refractivity contribution is 7.89. The highest BCUT2D eigenvalue weighted by Crippen LogP contribution is 2.35. The third-order valence-electron chi connectivity index (χ3n) is 4.77. The van der Waals surface area contributed by atoms with Gasteiger partial charge in [-0.05, 0) is 36.6 Å². The maximum Gasteiger partial charge on any atom is 0.246 e. The molecule has 6 heteroatoms. The molecule has 2 atom stereocenters. The van der Waals surface area contributed by atoms with Crippen LogP contribution in [0.1, 0.15) is 22.6 Å². The maximum absolute atomic E-state index is 13.2. The summed E-state index contributed by atoms with van der Waals surface area (Å²) in [5.74, 6) is 0.398. The minimum absolute atomic E-state index is 0.00660. The lowest BCUT2D eigenvalue weighted by Gasteiger charge is -2.20. The van der Waals surface area contributed by atoms with Gasteiger partial charge in [-0.1, -0.05) is 36.4 Å². The third kappa shape index (κ3) is 3.29. The standard InChI is InChI=1S/C19H24N2O3S/c1-13-9-14(2)19(24-3)18(10-13)25(22,23)21-11-16(17(20)12-21)15-7-5-4-6-8-15/h4-10,16-17H,11-12,20H2,1-3H3/t16-,17+/m0/s1. The average molecular weight is 360 g/mol. The Hall–Kier alpha value is -1.89. The highest BCUT2D eigenvalue weighted by atomic mass is 32.2. The van der Waals surface area contributed by atoms with Crippen molar-refractivity contribution in [2.45, 2.75) is 30.7 Å². The second-order valence-electron chi connectivity index (χ2n) is 6.62. The normalized spacial score (nSPS) is 21.4. The van der Waals surface area contributed by atoms with Crippen LogP contribution in [0.25, 0.3) is 0 Å². The van der Waals surface area contributed by atoms with Crippen LogP contribution >= 0.6 is 0 Å². The number of nitrogens with two attached hydrogens (primary N) is 1. The molecule has 2 aromatic rings. The van der Waals surface area contributed by atoms with Crippen molar-refractivity contribution in [3.05, 3.63) is 59.2 Å². The molecule has 134 valence electrons. The van der Waals surface area contributed by atoms with Gasteiger partial charge < -0.3 is 10.5 Å². The second-order valence-corrected chi connectivity index (χ2v) is 8.52. The molecular weight excluding hydrogens is 336 g/mol. The van der Waals surface area contributed by atoms with Crippen molar-refractivity contribution in [1.82, 2.24) is 4.31 Å². The molecule has 1 saturated heterocycles. The summed E-state index contributed by atoms with van der Waals surface area (Å²) < 4.78 is 33.3. The average Bonchev–Trinajstić information content (AvgIpc) is 2.97. The fourth-order valence-corrected chi connectivity index (χ4v) is 5.37. The number of hydrogen-bond acceptors (Lipinski definition) is 4. The molecule has 25 heavy (non-hydrogen) atoms. The minimum atomic E-state index is -3.67. The van der Waals surface area contributed by atoms with Crippen LogP contribution in [0.4, 0.5) is 0 Å². The van der Waals surface area contributed by atoms with E-state index < -0.39 is 10.0 Å². The Kier molecular flexibility index (Phi) is 4.86. The van der Waals surface area contributed by atoms with Crippen LogP contribution in [-0.2, 0) is 10.0 Å². The van der Waals surface area contributed by atoms with Crippen LogP contribution in [0, 0.1) is 13.8 Å². The smallest absolute Gasteiger partial charge is 0.246 e. The van der Waals surface area contributed by atoms with E-state index in [9.17, 15) is 8.42 Å². The molecule has 1 aliphatic rings. The minimum Gasteiger partial charge on any atom is -0.495 e. The van der Waals surface area contributed by atoms with Gasteiger partial charge in [0.15, 0.2) is 0 Å². The zero-order valence-corrected chi connectivity index (χ0v) is 15.6. The van der Waals surface area contributed by atoms with E-state index in [0.717, 1.165) is 16.7 Å². The van der Waals surface area contributed by atoms with E-state index in [1.807, 2.05) is 50.2 Å². The van der Waals surface area contributed by atoms with E-state index in [-0.39, 0.29) is 16.9 Å². The molecule has 1 heterocycles. The Labute approximate surface area is 149 Å². The number of benzene rings is 2. The summed E-state index contributed by atoms with van der Waals surface area (Å²) in [5.41, 5.74) is 9.04. The van der Waals surface area contributed by atoms with Crippen molar-refractivity contribution < 1.29 is 13.2 Å². The molecule has 0 spiro atoms. The number of sulfonamides is 1. The topological polar surface area (TPSA) is 72.6 Å². The van der Waals surface area contributed by atoms with Gasteiger partial charge in [-0.25, -0.2) is 8.42 Å². The zero-order chi connectivity index (χ0) is 18.2. The Morgan fingerprint density at radius 1 is 1.12 bits per heavy atom. The summed E-state index contributed by atoms with van der Waals surface area (Å²) in [6, 6.07) is 13.2. The van der Waals surface area contributed by atoms with Crippen molar-refractivity contribution in [2.24, 2.45) is 5.73 Å². The molecule has 0 saturated carbocycles. The number of methoxy groups -OCH3 is 1. The van der Waals surface area contributed by atoms with Crippen LogP contribution in [0.3, 0.4) is 0 Å². The molecule has 2 aromatic carbocycles. The van der Waals surface area contributed by atoms with Crippen LogP contribution < -0.4 is 10.5 Å². The van der Waals surface area contributed by atoms with E-state index in [2.05, 4.69) is 0 Å². The van der Waals surface area contributed by atoms with Gasteiger partial charge >= 0.3 is 0 Å². The summed E-state index contributed by atoms with van der Waals surface area (Å²) in [4.78, 5) is 0.216. The largest absolute Gasteiger partial charge is 0.495 e. The summed E-state index contributed by atoms with van der Waals surface area (Å²) in [5, 5.41) is 0. The molecule has 5 nitrogen and oxygen atoms in total. The second kappa shape index (κ2) is 6.78. The lowest BCUT2D eigenvalue weighted by molar-refractivity contribution is 0.394. The molecule has 0 radical (unpaired) electrons. The van der Waals surface area contributed by atoms with Crippen molar-refractivity contribution in [2.75, 3.05) is 20.2 Å². The summed E-state index contributed by atoms with van der Waals surface area (Å²) in [7, 11) is -2.17. The number of ether oxygens (including phenoxy) is 1. The van der Waals surface area contributed by atoms with Crippen molar-refractivity contribution in [3.8, 4) is 5.75 Å². The first kappa shape index (κ1) is 17.9. The van der Waals surface area contributed by atoms with Crippen molar-refractivity contribution in [1.29, 1.82) is 0 Å². The Balaban J connectivity index is 1.97. The predicted molar refractivity (Wildman–Crippen MR) is 98.4 cm³/mol. The Morgan fingerprint density at radius 2 is 1.80 bits per heavy atom. The zero-order valence-electron chi connectivity index (χ0n) is 14.8. The highest BCUT2D eigenvalue weighted by Gasteiger charge is 2.39. The van der Waals surface area contributed by atoms with Gasteiger partial charge in [0.2, 0.25) is 10.0 Å². The lowest BCUT2D eigenvalue weighted by Crippen LogP contribution is -2.32. The molecule has 0 aliphatic carbocycles. The van der Waals surface area contributed by atoms with Crippen LogP contribution in [-0.4, -0.2) is 39.0 Å². The molecule has 0 unspecified atom stereocenters. The molecule has 0 bridgehead atoms. The van der Waals surface area contributed by atoms with E-state index in [1.165, 1.54) is 11.4 Å². The lowest BCUT2D eigenvalue weighted by atomic mass is 9.95. The van der Waals surface area contributed by atoms with Gasteiger partial charge in [0.1, 0.15) is 10.6 Å². The van der Waals surface area contributed by atoms with Gasteiger partial charge in [-0.2, -0.15) is 4.31 Å². The summed E-state index contributed by atoms with van der Waals surface area (Å²) in [6.45, 7) is 4.42. The Bertz CT molecular complexity index is 866. The van der Waals surface area contributed by atoms with Crippen LogP contribution in [0.5, 0.6) is 5.75 Å². The molecule has 1 fully saturated rings. The Morgan fingerprint density at radius 3 is 2.44 bits per heavy atom. The van der Waals surface area contributed by atoms with Gasteiger partial charge in [0, 0.05) is 25.0 Å². The molecule has 2 N–H and O–H groups in total. The van der Waals surface area contributed by atoms with Crippen molar-refractivity contribution >= 4 is 10.0 Å². The quantitative estimate of drug-likeness (QED) is 0.909. The van der Waals surface area contributed by atoms with E-state index in [0.29, 0.717) is 18.8 Å². The number of aryl methyl sites for hydroxylation is 2. The monoisotopic (exact) mass is 360 g/mol. The third-order valence-corrected chi connectivity index (χ3v) is 6.60. The number of rotatable bonds is 4. The van der Waals surface area contributed by atoms with E-state index in [4.69, 9.17) is 10.5 Å². The first-order valence-electron chi connectivity index (χ1n) is 8.30. The fourth-order valence-electron chi connectivity index (χ4n) is 3.55. The number of nitrogens with zero attached hydrogens (tertiary/aromatic N) is 1. The molecule has 3 rings (SSSR count). The number of hydrogen-bond donors (Lipinski definition) is 1. The fraction of sp³-hybridized carbons (Fsp3) is 0.368. The van der Waals surface area contributed by atoms with Gasteiger partial charge in [0.05, 0.1) is 7.11 Å². The maximum atomic E-state index is 13.2. The molecular formula is C19H24N2O3S.